The van der Waals surface area contributed by atoms with E-state index in [0.717, 1.165) is 15.9 Å². The van der Waals surface area contributed by atoms with Gasteiger partial charge < -0.3 is 4.98 Å². The monoisotopic (exact) mass is 244 g/mol. The van der Waals surface area contributed by atoms with Crippen molar-refractivity contribution in [2.24, 2.45) is 0 Å². The van der Waals surface area contributed by atoms with Crippen LogP contribution in [0.5, 0.6) is 0 Å². The summed E-state index contributed by atoms with van der Waals surface area (Å²) in [5.74, 6) is 0. The van der Waals surface area contributed by atoms with Gasteiger partial charge in [-0.3, -0.25) is 4.79 Å². The van der Waals surface area contributed by atoms with Crippen LogP contribution in [0.25, 0.3) is 15.9 Å². The van der Waals surface area contributed by atoms with Gasteiger partial charge in [0.05, 0.1) is 11.0 Å². The third kappa shape index (κ3) is 2.31. The number of nitrogens with one attached hydrogen (secondary N) is 1. The molecule has 0 atom stereocenters. The van der Waals surface area contributed by atoms with E-state index in [1.54, 1.807) is 5.41 Å². The standard InChI is InChI=1S/C13H12N2OS/c1-3-11(17-4-2)12-13(16)15-10-8-6-5-7-9(10)14-12/h3-8H,2H2,1H3,(H,15,16)/b11-3-. The van der Waals surface area contributed by atoms with Gasteiger partial charge in [-0.25, -0.2) is 4.98 Å². The predicted octanol–water partition coefficient (Wildman–Crippen LogP) is 3.16. The molecule has 0 saturated heterocycles. The third-order valence-electron chi connectivity index (χ3n) is 2.31. The van der Waals surface area contributed by atoms with E-state index in [0.29, 0.717) is 5.69 Å². The Bertz CT molecular complexity index is 643. The number of fused-ring (bicyclic) bond motifs is 1. The molecule has 4 heteroatoms. The summed E-state index contributed by atoms with van der Waals surface area (Å²) >= 11 is 1.39. The molecule has 1 aromatic heterocycles. The molecule has 3 nitrogen and oxygen atoms in total. The molecular weight excluding hydrogens is 232 g/mol. The van der Waals surface area contributed by atoms with E-state index in [2.05, 4.69) is 16.5 Å². The molecule has 0 aliphatic heterocycles. The van der Waals surface area contributed by atoms with Crippen molar-refractivity contribution < 1.29 is 0 Å². The number of allylic oxidation sites excluding steroid dienone is 1. The van der Waals surface area contributed by atoms with Crippen molar-refractivity contribution in [1.82, 2.24) is 9.97 Å². The lowest BCUT2D eigenvalue weighted by Gasteiger charge is -2.03. The smallest absolute Gasteiger partial charge is 0.275 e. The van der Waals surface area contributed by atoms with Gasteiger partial charge in [0, 0.05) is 4.91 Å². The van der Waals surface area contributed by atoms with E-state index in [4.69, 9.17) is 0 Å². The molecule has 0 aliphatic carbocycles. The molecule has 0 aliphatic rings. The number of benzene rings is 1. The summed E-state index contributed by atoms with van der Waals surface area (Å²) in [6.07, 6.45) is 1.86. The number of H-pyrrole nitrogens is 1. The summed E-state index contributed by atoms with van der Waals surface area (Å²) < 4.78 is 0. The first-order valence-electron chi connectivity index (χ1n) is 5.19. The van der Waals surface area contributed by atoms with Gasteiger partial charge in [-0.1, -0.05) is 36.5 Å². The van der Waals surface area contributed by atoms with E-state index < -0.39 is 0 Å². The van der Waals surface area contributed by atoms with Crippen molar-refractivity contribution in [2.75, 3.05) is 0 Å². The number of hydrogen-bond acceptors (Lipinski definition) is 3. The van der Waals surface area contributed by atoms with Gasteiger partial charge in [0.1, 0.15) is 5.69 Å². The molecule has 0 bridgehead atoms. The highest BCUT2D eigenvalue weighted by atomic mass is 32.2. The summed E-state index contributed by atoms with van der Waals surface area (Å²) in [4.78, 5) is 19.9. The Morgan fingerprint density at radius 1 is 1.47 bits per heavy atom. The number of hydrogen-bond donors (Lipinski definition) is 1. The highest BCUT2D eigenvalue weighted by Gasteiger charge is 2.08. The lowest BCUT2D eigenvalue weighted by Crippen LogP contribution is -2.13. The number of thioether (sulfide) groups is 1. The van der Waals surface area contributed by atoms with Gasteiger partial charge in [-0.05, 0) is 24.5 Å². The molecule has 0 saturated carbocycles. The minimum atomic E-state index is -0.175. The molecule has 0 radical (unpaired) electrons. The second kappa shape index (κ2) is 5.01. The van der Waals surface area contributed by atoms with Crippen molar-refractivity contribution in [3.8, 4) is 0 Å². The fraction of sp³-hybridized carbons (Fsp3) is 0.0769. The number of aromatic nitrogens is 2. The maximum absolute atomic E-state index is 11.9. The summed E-state index contributed by atoms with van der Waals surface area (Å²) in [5, 5.41) is 1.69. The van der Waals surface area contributed by atoms with Gasteiger partial charge in [-0.2, -0.15) is 0 Å². The van der Waals surface area contributed by atoms with Gasteiger partial charge in [0.15, 0.2) is 0 Å². The molecule has 0 fully saturated rings. The van der Waals surface area contributed by atoms with Crippen LogP contribution < -0.4 is 5.56 Å². The van der Waals surface area contributed by atoms with Crippen LogP contribution in [0, 0.1) is 0 Å². The quantitative estimate of drug-likeness (QED) is 0.902. The lowest BCUT2D eigenvalue weighted by molar-refractivity contribution is 1.19. The number of aromatic amines is 1. The van der Waals surface area contributed by atoms with Crippen LogP contribution in [0.4, 0.5) is 0 Å². The summed E-state index contributed by atoms with van der Waals surface area (Å²) in [7, 11) is 0. The first-order valence-corrected chi connectivity index (χ1v) is 6.07. The largest absolute Gasteiger partial charge is 0.319 e. The molecule has 2 aromatic rings. The second-order valence-electron chi connectivity index (χ2n) is 3.37. The van der Waals surface area contributed by atoms with Crippen molar-refractivity contribution >= 4 is 27.7 Å². The van der Waals surface area contributed by atoms with Gasteiger partial charge in [0.2, 0.25) is 0 Å². The molecule has 0 unspecified atom stereocenters. The average Bonchev–Trinajstić information content (AvgIpc) is 2.35. The van der Waals surface area contributed by atoms with E-state index in [9.17, 15) is 4.79 Å². The molecule has 0 amide bonds. The Kier molecular flexibility index (Phi) is 3.44. The van der Waals surface area contributed by atoms with Gasteiger partial charge in [-0.15, -0.1) is 0 Å². The molecule has 86 valence electrons. The Morgan fingerprint density at radius 2 is 2.24 bits per heavy atom. The summed E-state index contributed by atoms with van der Waals surface area (Å²) in [5.41, 5.74) is 1.80. The minimum absolute atomic E-state index is 0.175. The summed E-state index contributed by atoms with van der Waals surface area (Å²) in [6, 6.07) is 7.48. The fourth-order valence-corrected chi connectivity index (χ4v) is 2.11. The van der Waals surface area contributed by atoms with E-state index in [1.807, 2.05) is 37.3 Å². The molecule has 17 heavy (non-hydrogen) atoms. The molecular formula is C13H12N2OS. The highest BCUT2D eigenvalue weighted by Crippen LogP contribution is 2.24. The third-order valence-corrected chi connectivity index (χ3v) is 3.16. The predicted molar refractivity (Wildman–Crippen MR) is 73.8 cm³/mol. The topological polar surface area (TPSA) is 45.8 Å². The fourth-order valence-electron chi connectivity index (χ4n) is 1.55. The summed E-state index contributed by atoms with van der Waals surface area (Å²) in [6.45, 7) is 5.53. The van der Waals surface area contributed by atoms with Crippen molar-refractivity contribution in [1.29, 1.82) is 0 Å². The average molecular weight is 244 g/mol. The maximum atomic E-state index is 11.9. The highest BCUT2D eigenvalue weighted by molar-refractivity contribution is 8.10. The Labute approximate surface area is 103 Å². The molecule has 0 spiro atoms. The molecule has 1 aromatic carbocycles. The van der Waals surface area contributed by atoms with Crippen LogP contribution in [0.3, 0.4) is 0 Å². The normalized spacial score (nSPS) is 11.7. The van der Waals surface area contributed by atoms with Crippen molar-refractivity contribution in [2.45, 2.75) is 6.92 Å². The second-order valence-corrected chi connectivity index (χ2v) is 4.38. The Morgan fingerprint density at radius 3 is 2.94 bits per heavy atom. The van der Waals surface area contributed by atoms with Crippen LogP contribution in [0.2, 0.25) is 0 Å². The number of para-hydroxylation sites is 2. The first-order chi connectivity index (χ1) is 8.26. The Balaban J connectivity index is 2.65. The zero-order chi connectivity index (χ0) is 12.3. The molecule has 1 heterocycles. The van der Waals surface area contributed by atoms with Crippen LogP contribution >= 0.6 is 11.8 Å². The SMILES string of the molecule is C=CS/C(=C\C)c1nc2ccccc2[nH]c1=O. The van der Waals surface area contributed by atoms with Gasteiger partial charge >= 0.3 is 0 Å². The number of rotatable bonds is 3. The lowest BCUT2D eigenvalue weighted by atomic mass is 10.3. The maximum Gasteiger partial charge on any atom is 0.275 e. The van der Waals surface area contributed by atoms with E-state index in [1.165, 1.54) is 11.8 Å². The molecule has 2 rings (SSSR count). The van der Waals surface area contributed by atoms with E-state index in [-0.39, 0.29) is 5.56 Å². The Hall–Kier alpha value is -1.81. The van der Waals surface area contributed by atoms with Crippen LogP contribution in [-0.2, 0) is 0 Å². The minimum Gasteiger partial charge on any atom is -0.319 e. The van der Waals surface area contributed by atoms with Crippen molar-refractivity contribution in [3.05, 3.63) is 58.4 Å². The van der Waals surface area contributed by atoms with Crippen LogP contribution in [0.1, 0.15) is 12.6 Å². The van der Waals surface area contributed by atoms with Crippen molar-refractivity contribution in [3.63, 3.8) is 0 Å². The van der Waals surface area contributed by atoms with Crippen LogP contribution in [0.15, 0.2) is 47.1 Å². The van der Waals surface area contributed by atoms with E-state index >= 15 is 0 Å². The van der Waals surface area contributed by atoms with Crippen LogP contribution in [-0.4, -0.2) is 9.97 Å². The zero-order valence-corrected chi connectivity index (χ0v) is 10.3. The van der Waals surface area contributed by atoms with Gasteiger partial charge in [0.25, 0.3) is 5.56 Å². The zero-order valence-electron chi connectivity index (χ0n) is 9.43. The number of nitrogens with zero attached hydrogens (tertiary/aromatic N) is 1. The molecule has 1 N–H and O–H groups in total. The first kappa shape index (κ1) is 11.7.